The number of amides is 1. The zero-order valence-corrected chi connectivity index (χ0v) is 10.3. The molecule has 0 radical (unpaired) electrons. The molecule has 19 heavy (non-hydrogen) atoms. The molecule has 1 saturated carbocycles. The Hall–Kier alpha value is -1.88. The number of carbonyl (C=O) groups is 2. The molecule has 2 aliphatic rings. The van der Waals surface area contributed by atoms with E-state index >= 15 is 0 Å². The highest BCUT2D eigenvalue weighted by Crippen LogP contribution is 2.48. The van der Waals surface area contributed by atoms with E-state index in [1.54, 1.807) is 30.3 Å². The van der Waals surface area contributed by atoms with E-state index < -0.39 is 24.0 Å². The van der Waals surface area contributed by atoms with Gasteiger partial charge in [-0.2, -0.15) is 0 Å². The highest BCUT2D eigenvalue weighted by Gasteiger charge is 2.57. The molecule has 100 valence electrons. The summed E-state index contributed by atoms with van der Waals surface area (Å²) in [6.45, 7) is 0. The third kappa shape index (κ3) is 2.00. The number of likely N-dealkylation sites (tertiary alicyclic amines) is 1. The molecule has 1 aliphatic carbocycles. The number of aliphatic hydroxyl groups excluding tert-OH is 1. The Morgan fingerprint density at radius 3 is 2.53 bits per heavy atom. The summed E-state index contributed by atoms with van der Waals surface area (Å²) in [4.78, 5) is 24.8. The van der Waals surface area contributed by atoms with Gasteiger partial charge in [-0.3, -0.25) is 4.79 Å². The number of piperidine rings is 1. The van der Waals surface area contributed by atoms with E-state index in [0.29, 0.717) is 17.9 Å². The molecule has 1 aromatic rings. The number of carboxylic acids is 1. The predicted molar refractivity (Wildman–Crippen MR) is 66.2 cm³/mol. The normalized spacial score (nSPS) is 29.7. The number of aliphatic hydroxyl groups is 1. The maximum atomic E-state index is 12.3. The molecule has 1 aliphatic heterocycles. The van der Waals surface area contributed by atoms with Gasteiger partial charge in [0.1, 0.15) is 6.04 Å². The Morgan fingerprint density at radius 2 is 1.89 bits per heavy atom. The second-order valence-corrected chi connectivity index (χ2v) is 5.21. The van der Waals surface area contributed by atoms with Crippen LogP contribution in [0.2, 0.25) is 0 Å². The molecule has 0 aromatic heterocycles. The number of fused-ring (bicyclic) bond motifs is 1. The van der Waals surface area contributed by atoms with E-state index in [1.165, 1.54) is 4.90 Å². The van der Waals surface area contributed by atoms with Crippen molar-refractivity contribution in [2.75, 3.05) is 0 Å². The van der Waals surface area contributed by atoms with Gasteiger partial charge in [0.2, 0.25) is 0 Å². The predicted octanol–water partition coefficient (Wildman–Crippen LogP) is 0.794. The minimum atomic E-state index is -1.28. The highest BCUT2D eigenvalue weighted by atomic mass is 16.4. The molecular weight excluding hydrogens is 246 g/mol. The monoisotopic (exact) mass is 261 g/mol. The van der Waals surface area contributed by atoms with Crippen molar-refractivity contribution in [2.24, 2.45) is 5.92 Å². The third-order valence-electron chi connectivity index (χ3n) is 3.99. The van der Waals surface area contributed by atoms with Crippen molar-refractivity contribution < 1.29 is 19.8 Å². The lowest BCUT2D eigenvalue weighted by molar-refractivity contribution is -0.153. The molecule has 1 saturated heterocycles. The number of benzene rings is 1. The van der Waals surface area contributed by atoms with E-state index in [4.69, 9.17) is 5.11 Å². The number of hydrogen-bond acceptors (Lipinski definition) is 3. The summed E-state index contributed by atoms with van der Waals surface area (Å²) >= 11 is 0. The number of carbonyl (C=O) groups excluding carboxylic acids is 1. The van der Waals surface area contributed by atoms with E-state index in [0.717, 1.165) is 6.42 Å². The van der Waals surface area contributed by atoms with Gasteiger partial charge in [-0.15, -0.1) is 0 Å². The molecule has 1 amide bonds. The number of hydrogen-bond donors (Lipinski definition) is 2. The molecule has 5 heteroatoms. The zero-order chi connectivity index (χ0) is 13.6. The second kappa shape index (κ2) is 4.35. The summed E-state index contributed by atoms with van der Waals surface area (Å²) in [6, 6.07) is 7.83. The van der Waals surface area contributed by atoms with Crippen molar-refractivity contribution in [1.82, 2.24) is 4.90 Å². The van der Waals surface area contributed by atoms with E-state index in [2.05, 4.69) is 0 Å². The van der Waals surface area contributed by atoms with Crippen LogP contribution in [0.1, 0.15) is 24.5 Å². The zero-order valence-electron chi connectivity index (χ0n) is 10.3. The van der Waals surface area contributed by atoms with Crippen LogP contribution in [0.3, 0.4) is 0 Å². The largest absolute Gasteiger partial charge is 0.480 e. The fourth-order valence-electron chi connectivity index (χ4n) is 2.91. The number of carboxylic acid groups (broad SMARTS) is 1. The highest BCUT2D eigenvalue weighted by molar-refractivity contribution is 5.88. The summed E-state index contributed by atoms with van der Waals surface area (Å²) in [5, 5.41) is 19.2. The minimum Gasteiger partial charge on any atom is -0.480 e. The van der Waals surface area contributed by atoms with Crippen LogP contribution in [0.15, 0.2) is 30.3 Å². The van der Waals surface area contributed by atoms with Gasteiger partial charge in [0, 0.05) is 6.04 Å². The molecule has 2 fully saturated rings. The van der Waals surface area contributed by atoms with Gasteiger partial charge in [0.05, 0.1) is 0 Å². The molecular formula is C14H15NO4. The maximum Gasteiger partial charge on any atom is 0.326 e. The van der Waals surface area contributed by atoms with Crippen LogP contribution < -0.4 is 0 Å². The molecule has 0 bridgehead atoms. The fraction of sp³-hybridized carbons (Fsp3) is 0.429. The topological polar surface area (TPSA) is 77.8 Å². The van der Waals surface area contributed by atoms with E-state index in [9.17, 15) is 14.7 Å². The fourth-order valence-corrected chi connectivity index (χ4v) is 2.91. The van der Waals surface area contributed by atoms with Gasteiger partial charge in [-0.25, -0.2) is 4.79 Å². The summed E-state index contributed by atoms with van der Waals surface area (Å²) in [5.41, 5.74) is 0.501. The van der Waals surface area contributed by atoms with E-state index in [-0.39, 0.29) is 6.04 Å². The Balaban J connectivity index is 1.81. The van der Waals surface area contributed by atoms with Crippen LogP contribution >= 0.6 is 0 Å². The Kier molecular flexibility index (Phi) is 2.78. The summed E-state index contributed by atoms with van der Waals surface area (Å²) in [7, 11) is 0. The van der Waals surface area contributed by atoms with Crippen LogP contribution in [0.25, 0.3) is 0 Å². The minimum absolute atomic E-state index is 0.00645. The van der Waals surface area contributed by atoms with E-state index in [1.807, 2.05) is 0 Å². The Bertz CT molecular complexity index is 515. The summed E-state index contributed by atoms with van der Waals surface area (Å²) in [5.74, 6) is -1.18. The standard InChI is InChI=1S/C14H15NO4/c16-12(8-4-2-1-3-5-8)13(17)15-10-6-9(10)7-11(15)14(18)19/h1-5,9-12,16H,6-7H2,(H,18,19)/t9-,10-,11+,12-/m1/s1. The van der Waals surface area contributed by atoms with Gasteiger partial charge in [-0.05, 0) is 24.3 Å². The molecule has 5 nitrogen and oxygen atoms in total. The van der Waals surface area contributed by atoms with Crippen LogP contribution in [-0.4, -0.2) is 39.1 Å². The number of nitrogens with zero attached hydrogens (tertiary/aromatic N) is 1. The number of rotatable bonds is 3. The van der Waals surface area contributed by atoms with Gasteiger partial charge in [-0.1, -0.05) is 30.3 Å². The Labute approximate surface area is 110 Å². The molecule has 1 aromatic carbocycles. The average molecular weight is 261 g/mol. The quantitative estimate of drug-likeness (QED) is 0.843. The Morgan fingerprint density at radius 1 is 1.21 bits per heavy atom. The van der Waals surface area contributed by atoms with Crippen LogP contribution in [0.4, 0.5) is 0 Å². The van der Waals surface area contributed by atoms with Gasteiger partial charge < -0.3 is 15.1 Å². The van der Waals surface area contributed by atoms with Gasteiger partial charge >= 0.3 is 5.97 Å². The first-order chi connectivity index (χ1) is 9.09. The van der Waals surface area contributed by atoms with Crippen LogP contribution in [0, 0.1) is 5.92 Å². The second-order valence-electron chi connectivity index (χ2n) is 5.21. The van der Waals surface area contributed by atoms with Crippen molar-refractivity contribution in [3.63, 3.8) is 0 Å². The summed E-state index contributed by atoms with van der Waals surface area (Å²) < 4.78 is 0. The first-order valence-electron chi connectivity index (χ1n) is 6.37. The van der Waals surface area contributed by atoms with Crippen molar-refractivity contribution in [2.45, 2.75) is 31.0 Å². The lowest BCUT2D eigenvalue weighted by Crippen LogP contribution is -2.45. The van der Waals surface area contributed by atoms with Crippen LogP contribution in [0.5, 0.6) is 0 Å². The lowest BCUT2D eigenvalue weighted by Gasteiger charge is -2.26. The molecule has 3 rings (SSSR count). The first-order valence-corrected chi connectivity index (χ1v) is 6.37. The third-order valence-corrected chi connectivity index (χ3v) is 3.99. The molecule has 4 atom stereocenters. The van der Waals surface area contributed by atoms with Crippen molar-refractivity contribution >= 4 is 11.9 Å². The molecule has 0 unspecified atom stereocenters. The van der Waals surface area contributed by atoms with Crippen molar-refractivity contribution in [3.05, 3.63) is 35.9 Å². The van der Waals surface area contributed by atoms with Crippen molar-refractivity contribution in [1.29, 1.82) is 0 Å². The molecule has 2 N–H and O–H groups in total. The smallest absolute Gasteiger partial charge is 0.326 e. The average Bonchev–Trinajstić information content (AvgIpc) is 3.09. The lowest BCUT2D eigenvalue weighted by atomic mass is 10.1. The van der Waals surface area contributed by atoms with Gasteiger partial charge in [0.15, 0.2) is 6.10 Å². The summed E-state index contributed by atoms with van der Waals surface area (Å²) in [6.07, 6.45) is 0.0898. The SMILES string of the molecule is O=C(O)[C@@H]1C[C@H]2C[C@H]2N1C(=O)[C@H](O)c1ccccc1. The molecule has 1 heterocycles. The maximum absolute atomic E-state index is 12.3. The van der Waals surface area contributed by atoms with Gasteiger partial charge in [0.25, 0.3) is 5.91 Å². The van der Waals surface area contributed by atoms with Crippen molar-refractivity contribution in [3.8, 4) is 0 Å². The first kappa shape index (κ1) is 12.2. The van der Waals surface area contributed by atoms with Crippen LogP contribution in [-0.2, 0) is 9.59 Å². The molecule has 0 spiro atoms. The number of aliphatic carboxylic acids is 1.